The number of nitrogens with one attached hydrogen (secondary N) is 1. The third kappa shape index (κ3) is 4.78. The Morgan fingerprint density at radius 3 is 2.00 bits per heavy atom. The number of methoxy groups -OCH3 is 1. The predicted molar refractivity (Wildman–Crippen MR) is 154 cm³/mol. The van der Waals surface area contributed by atoms with Gasteiger partial charge in [0.05, 0.1) is 23.6 Å². The second kappa shape index (κ2) is 10.7. The van der Waals surface area contributed by atoms with Crippen molar-refractivity contribution in [3.05, 3.63) is 108 Å². The van der Waals surface area contributed by atoms with Gasteiger partial charge in [-0.2, -0.15) is 4.31 Å². The summed E-state index contributed by atoms with van der Waals surface area (Å²) in [4.78, 5) is 15.8. The smallest absolute Gasteiger partial charge is 0.243 e. The molecule has 0 aliphatic carbocycles. The Kier molecular flexibility index (Phi) is 6.91. The summed E-state index contributed by atoms with van der Waals surface area (Å²) in [5.41, 5.74) is 3.04. The molecule has 8 nitrogen and oxygen atoms in total. The minimum atomic E-state index is -3.68. The van der Waals surface area contributed by atoms with Gasteiger partial charge in [-0.25, -0.2) is 8.42 Å². The lowest BCUT2D eigenvalue weighted by Gasteiger charge is -2.35. The number of para-hydroxylation sites is 4. The zero-order valence-electron chi connectivity index (χ0n) is 22.0. The summed E-state index contributed by atoms with van der Waals surface area (Å²) < 4.78 is 39.7. The van der Waals surface area contributed by atoms with E-state index in [1.807, 2.05) is 72.8 Å². The lowest BCUT2D eigenvalue weighted by molar-refractivity contribution is -0.116. The van der Waals surface area contributed by atoms with Gasteiger partial charge in [0.2, 0.25) is 15.9 Å². The summed E-state index contributed by atoms with van der Waals surface area (Å²) in [5, 5.41) is 2.96. The van der Waals surface area contributed by atoms with E-state index in [2.05, 4.69) is 10.2 Å². The molecule has 0 atom stereocenters. The fourth-order valence-electron chi connectivity index (χ4n) is 5.33. The molecule has 0 radical (unpaired) electrons. The Balaban J connectivity index is 1.15. The van der Waals surface area contributed by atoms with Crippen LogP contribution in [0.15, 0.2) is 102 Å². The van der Waals surface area contributed by atoms with Gasteiger partial charge in [-0.3, -0.25) is 4.79 Å². The molecule has 0 saturated carbocycles. The van der Waals surface area contributed by atoms with Crippen molar-refractivity contribution < 1.29 is 22.7 Å². The molecule has 0 bridgehead atoms. The second-order valence-corrected chi connectivity index (χ2v) is 11.6. The van der Waals surface area contributed by atoms with Crippen molar-refractivity contribution in [2.24, 2.45) is 0 Å². The van der Waals surface area contributed by atoms with Crippen LogP contribution in [0.25, 0.3) is 0 Å². The summed E-state index contributed by atoms with van der Waals surface area (Å²) in [6.45, 7) is 1.84. The fraction of sp³-hybridized carbons (Fsp3) is 0.194. The highest BCUT2D eigenvalue weighted by atomic mass is 32.2. The topological polar surface area (TPSA) is 88.2 Å². The molecule has 1 N–H and O–H groups in total. The number of hydrogen-bond donors (Lipinski definition) is 1. The maximum Gasteiger partial charge on any atom is 0.243 e. The molecule has 0 unspecified atom stereocenters. The molecule has 204 valence electrons. The average molecular weight is 556 g/mol. The van der Waals surface area contributed by atoms with Crippen LogP contribution in [0.1, 0.15) is 17.0 Å². The van der Waals surface area contributed by atoms with Crippen LogP contribution >= 0.6 is 0 Å². The average Bonchev–Trinajstić information content (AvgIpc) is 3.00. The zero-order chi connectivity index (χ0) is 27.7. The number of piperazine rings is 1. The molecule has 1 saturated heterocycles. The molecule has 6 rings (SSSR count). The maximum absolute atomic E-state index is 13.5. The predicted octanol–water partition coefficient (Wildman–Crippen LogP) is 5.08. The number of ether oxygens (including phenoxy) is 2. The van der Waals surface area contributed by atoms with E-state index in [-0.39, 0.29) is 10.8 Å². The molecule has 2 heterocycles. The van der Waals surface area contributed by atoms with Crippen LogP contribution in [-0.2, 0) is 14.8 Å². The van der Waals surface area contributed by atoms with E-state index in [0.29, 0.717) is 43.4 Å². The molecule has 40 heavy (non-hydrogen) atoms. The van der Waals surface area contributed by atoms with Gasteiger partial charge in [0.15, 0.2) is 0 Å². The van der Waals surface area contributed by atoms with Gasteiger partial charge in [0.1, 0.15) is 17.2 Å². The second-order valence-electron chi connectivity index (χ2n) is 9.69. The molecule has 0 spiro atoms. The minimum absolute atomic E-state index is 0.193. The van der Waals surface area contributed by atoms with Gasteiger partial charge < -0.3 is 19.7 Å². The quantitative estimate of drug-likeness (QED) is 0.357. The number of rotatable bonds is 6. The van der Waals surface area contributed by atoms with Gasteiger partial charge in [0.25, 0.3) is 0 Å². The summed E-state index contributed by atoms with van der Waals surface area (Å²) in [5.74, 6) is 1.29. The third-order valence-electron chi connectivity index (χ3n) is 7.37. The van der Waals surface area contributed by atoms with Crippen LogP contribution in [-0.4, -0.2) is 51.9 Å². The van der Waals surface area contributed by atoms with Crippen LogP contribution in [0.3, 0.4) is 0 Å². The lowest BCUT2D eigenvalue weighted by Crippen LogP contribution is -2.48. The molecule has 4 aromatic rings. The number of benzene rings is 4. The highest BCUT2D eigenvalue weighted by Gasteiger charge is 2.33. The molecule has 0 aromatic heterocycles. The Morgan fingerprint density at radius 2 is 1.38 bits per heavy atom. The van der Waals surface area contributed by atoms with Crippen molar-refractivity contribution in [1.82, 2.24) is 4.31 Å². The summed E-state index contributed by atoms with van der Waals surface area (Å²) >= 11 is 0. The number of amides is 1. The number of nitrogens with zero attached hydrogens (tertiary/aromatic N) is 2. The first-order valence-corrected chi connectivity index (χ1v) is 14.5. The Morgan fingerprint density at radius 1 is 0.800 bits per heavy atom. The molecular weight excluding hydrogens is 526 g/mol. The Hall–Kier alpha value is -4.34. The number of fused-ring (bicyclic) bond motifs is 2. The fourth-order valence-corrected chi connectivity index (χ4v) is 6.75. The highest BCUT2D eigenvalue weighted by Crippen LogP contribution is 2.44. The van der Waals surface area contributed by atoms with Crippen molar-refractivity contribution in [1.29, 1.82) is 0 Å². The Bertz CT molecular complexity index is 1600. The third-order valence-corrected chi connectivity index (χ3v) is 9.28. The van der Waals surface area contributed by atoms with Crippen molar-refractivity contribution in [2.45, 2.75) is 10.8 Å². The van der Waals surface area contributed by atoms with Crippen molar-refractivity contribution in [3.63, 3.8) is 0 Å². The van der Waals surface area contributed by atoms with Crippen LogP contribution in [0.2, 0.25) is 0 Å². The Labute approximate surface area is 233 Å². The van der Waals surface area contributed by atoms with Gasteiger partial charge in [0, 0.05) is 43.0 Å². The highest BCUT2D eigenvalue weighted by molar-refractivity contribution is 7.89. The molecule has 9 heteroatoms. The minimum Gasteiger partial charge on any atom is -0.495 e. The summed E-state index contributed by atoms with van der Waals surface area (Å²) in [7, 11) is -2.05. The molecular formula is C31H29N3O5S. The van der Waals surface area contributed by atoms with E-state index in [1.165, 1.54) is 4.31 Å². The van der Waals surface area contributed by atoms with Crippen molar-refractivity contribution in [2.75, 3.05) is 43.5 Å². The van der Waals surface area contributed by atoms with Gasteiger partial charge in [-0.1, -0.05) is 48.5 Å². The largest absolute Gasteiger partial charge is 0.495 e. The van der Waals surface area contributed by atoms with Crippen LogP contribution in [0.5, 0.6) is 17.2 Å². The maximum atomic E-state index is 13.5. The van der Waals surface area contributed by atoms with E-state index in [0.717, 1.165) is 22.6 Å². The number of carbonyl (C=O) groups is 1. The standard InChI is InChI=1S/C31H29N3O5S/c1-38-29-13-7-4-10-26(29)33-18-20-34(21-19-33)40(36,37)23-16-14-22(15-17-23)32-31(35)30-24-8-2-5-11-27(24)39-28-12-6-3-9-25(28)30/h2-17,30H,18-21H2,1H3,(H,32,35). The monoisotopic (exact) mass is 555 g/mol. The van der Waals surface area contributed by atoms with E-state index in [4.69, 9.17) is 9.47 Å². The number of anilines is 2. The zero-order valence-corrected chi connectivity index (χ0v) is 22.8. The van der Waals surface area contributed by atoms with Gasteiger partial charge in [-0.15, -0.1) is 0 Å². The van der Waals surface area contributed by atoms with Crippen molar-refractivity contribution >= 4 is 27.3 Å². The van der Waals surface area contributed by atoms with Gasteiger partial charge in [-0.05, 0) is 48.5 Å². The number of hydrogen-bond acceptors (Lipinski definition) is 6. The molecule has 1 fully saturated rings. The summed E-state index contributed by atoms with van der Waals surface area (Å²) in [6.07, 6.45) is 0. The van der Waals surface area contributed by atoms with Crippen molar-refractivity contribution in [3.8, 4) is 17.2 Å². The molecule has 2 aliphatic heterocycles. The molecule has 2 aliphatic rings. The molecule has 4 aromatic carbocycles. The van der Waals surface area contributed by atoms with E-state index in [9.17, 15) is 13.2 Å². The van der Waals surface area contributed by atoms with E-state index >= 15 is 0 Å². The van der Waals surface area contributed by atoms with Gasteiger partial charge >= 0.3 is 0 Å². The SMILES string of the molecule is COc1ccccc1N1CCN(S(=O)(=O)c2ccc(NC(=O)C3c4ccccc4Oc4ccccc43)cc2)CC1. The van der Waals surface area contributed by atoms with E-state index < -0.39 is 15.9 Å². The first-order valence-electron chi connectivity index (χ1n) is 13.1. The van der Waals surface area contributed by atoms with Crippen LogP contribution < -0.4 is 19.7 Å². The van der Waals surface area contributed by atoms with Crippen LogP contribution in [0.4, 0.5) is 11.4 Å². The normalized spacial score (nSPS) is 15.5. The molecule has 1 amide bonds. The number of sulfonamides is 1. The summed E-state index contributed by atoms with van der Waals surface area (Å²) in [6, 6.07) is 29.1. The first kappa shape index (κ1) is 25.9. The van der Waals surface area contributed by atoms with E-state index in [1.54, 1.807) is 31.4 Å². The lowest BCUT2D eigenvalue weighted by atomic mass is 9.87. The number of carbonyl (C=O) groups excluding carboxylic acids is 1. The van der Waals surface area contributed by atoms with Crippen LogP contribution in [0, 0.1) is 0 Å². The first-order chi connectivity index (χ1) is 19.5.